The standard InChI is InChI=1S/C18H18FN3O/c1-11-7-14(19)4-6-17(11)21-9-16(20)12-3-5-15-13(8-12)10-22(2)18(15)23/h3-9,21H,10,20H2,1-2H3/b16-9-. The maximum absolute atomic E-state index is 13.1. The number of amides is 1. The summed E-state index contributed by atoms with van der Waals surface area (Å²) in [5.74, 6) is -0.230. The van der Waals surface area contributed by atoms with Crippen molar-refractivity contribution in [3.8, 4) is 0 Å². The van der Waals surface area contributed by atoms with Crippen molar-refractivity contribution in [1.29, 1.82) is 0 Å². The van der Waals surface area contributed by atoms with E-state index in [4.69, 9.17) is 5.73 Å². The van der Waals surface area contributed by atoms with Gasteiger partial charge in [0, 0.05) is 31.0 Å². The number of benzene rings is 2. The second-order valence-electron chi connectivity index (χ2n) is 5.74. The average Bonchev–Trinajstić information content (AvgIpc) is 2.80. The Balaban J connectivity index is 1.82. The minimum atomic E-state index is -0.266. The molecule has 5 heteroatoms. The summed E-state index contributed by atoms with van der Waals surface area (Å²) in [6.45, 7) is 2.42. The third-order valence-electron chi connectivity index (χ3n) is 3.99. The van der Waals surface area contributed by atoms with Crippen LogP contribution >= 0.6 is 0 Å². The van der Waals surface area contributed by atoms with Gasteiger partial charge < -0.3 is 16.0 Å². The Morgan fingerprint density at radius 3 is 2.83 bits per heavy atom. The summed E-state index contributed by atoms with van der Waals surface area (Å²) in [5.41, 5.74) is 10.8. The van der Waals surface area contributed by atoms with Crippen molar-refractivity contribution < 1.29 is 9.18 Å². The molecule has 0 radical (unpaired) electrons. The molecule has 1 heterocycles. The zero-order chi connectivity index (χ0) is 16.6. The molecule has 0 aliphatic carbocycles. The van der Waals surface area contributed by atoms with E-state index in [-0.39, 0.29) is 11.7 Å². The number of nitrogens with one attached hydrogen (secondary N) is 1. The van der Waals surface area contributed by atoms with Gasteiger partial charge in [0.25, 0.3) is 5.91 Å². The van der Waals surface area contributed by atoms with E-state index < -0.39 is 0 Å². The van der Waals surface area contributed by atoms with Crippen molar-refractivity contribution in [2.45, 2.75) is 13.5 Å². The van der Waals surface area contributed by atoms with E-state index in [0.29, 0.717) is 12.2 Å². The minimum Gasteiger partial charge on any atom is -0.397 e. The zero-order valence-electron chi connectivity index (χ0n) is 13.1. The van der Waals surface area contributed by atoms with Gasteiger partial charge in [-0.1, -0.05) is 6.07 Å². The SMILES string of the molecule is Cc1cc(F)ccc1N/C=C(\N)c1ccc2c(c1)CN(C)C2=O. The van der Waals surface area contributed by atoms with Gasteiger partial charge in [-0.3, -0.25) is 4.79 Å². The van der Waals surface area contributed by atoms with E-state index in [0.717, 1.165) is 27.9 Å². The Morgan fingerprint density at radius 2 is 2.09 bits per heavy atom. The molecular weight excluding hydrogens is 293 g/mol. The van der Waals surface area contributed by atoms with Gasteiger partial charge in [0.1, 0.15) is 5.82 Å². The minimum absolute atomic E-state index is 0.0363. The highest BCUT2D eigenvalue weighted by Gasteiger charge is 2.24. The number of rotatable bonds is 3. The molecule has 1 aliphatic rings. The van der Waals surface area contributed by atoms with Gasteiger partial charge in [-0.15, -0.1) is 0 Å². The van der Waals surface area contributed by atoms with E-state index >= 15 is 0 Å². The van der Waals surface area contributed by atoms with Crippen LogP contribution in [0.25, 0.3) is 5.70 Å². The number of halogens is 1. The molecule has 3 N–H and O–H groups in total. The Kier molecular flexibility index (Phi) is 3.78. The van der Waals surface area contributed by atoms with Gasteiger partial charge in [0.05, 0.1) is 5.70 Å². The summed E-state index contributed by atoms with van der Waals surface area (Å²) < 4.78 is 13.1. The van der Waals surface area contributed by atoms with Gasteiger partial charge in [-0.25, -0.2) is 4.39 Å². The lowest BCUT2D eigenvalue weighted by Crippen LogP contribution is -2.17. The quantitative estimate of drug-likeness (QED) is 0.916. The molecule has 0 fully saturated rings. The lowest BCUT2D eigenvalue weighted by atomic mass is 10.0. The number of carbonyl (C=O) groups is 1. The molecule has 2 aromatic rings. The van der Waals surface area contributed by atoms with E-state index in [1.807, 2.05) is 19.1 Å². The second kappa shape index (κ2) is 5.76. The van der Waals surface area contributed by atoms with Gasteiger partial charge in [-0.2, -0.15) is 0 Å². The maximum atomic E-state index is 13.1. The summed E-state index contributed by atoms with van der Waals surface area (Å²) >= 11 is 0. The molecule has 1 amide bonds. The predicted molar refractivity (Wildman–Crippen MR) is 89.2 cm³/mol. The Hall–Kier alpha value is -2.82. The Labute approximate surface area is 134 Å². The molecule has 4 nitrogen and oxygen atoms in total. The predicted octanol–water partition coefficient (Wildman–Crippen LogP) is 3.09. The van der Waals surface area contributed by atoms with Crippen LogP contribution in [0.2, 0.25) is 0 Å². The van der Waals surface area contributed by atoms with Crippen molar-refractivity contribution in [1.82, 2.24) is 4.90 Å². The molecule has 0 spiro atoms. The van der Waals surface area contributed by atoms with Crippen LogP contribution < -0.4 is 11.1 Å². The highest BCUT2D eigenvalue weighted by molar-refractivity contribution is 5.98. The number of anilines is 1. The van der Waals surface area contributed by atoms with Crippen molar-refractivity contribution in [3.05, 3.63) is 70.7 Å². The molecular formula is C18H18FN3O. The number of aryl methyl sites for hydroxylation is 1. The molecule has 1 aliphatic heterocycles. The van der Waals surface area contributed by atoms with Gasteiger partial charge in [0.2, 0.25) is 0 Å². The van der Waals surface area contributed by atoms with Crippen LogP contribution in [0.15, 0.2) is 42.6 Å². The van der Waals surface area contributed by atoms with Crippen molar-refractivity contribution >= 4 is 17.3 Å². The number of hydrogen-bond donors (Lipinski definition) is 2. The largest absolute Gasteiger partial charge is 0.397 e. The highest BCUT2D eigenvalue weighted by atomic mass is 19.1. The Morgan fingerprint density at radius 1 is 1.30 bits per heavy atom. The average molecular weight is 311 g/mol. The third kappa shape index (κ3) is 2.90. The first-order valence-electron chi connectivity index (χ1n) is 7.33. The number of nitrogens with two attached hydrogens (primary N) is 1. The topological polar surface area (TPSA) is 58.4 Å². The lowest BCUT2D eigenvalue weighted by molar-refractivity contribution is 0.0816. The highest BCUT2D eigenvalue weighted by Crippen LogP contribution is 2.24. The molecule has 0 atom stereocenters. The summed E-state index contributed by atoms with van der Waals surface area (Å²) in [4.78, 5) is 13.6. The summed E-state index contributed by atoms with van der Waals surface area (Å²) in [7, 11) is 1.78. The van der Waals surface area contributed by atoms with Crippen molar-refractivity contribution in [2.24, 2.45) is 5.73 Å². The van der Waals surface area contributed by atoms with Crippen LogP contribution in [0, 0.1) is 12.7 Å². The number of nitrogens with zero attached hydrogens (tertiary/aromatic N) is 1. The Bertz CT molecular complexity index is 814. The molecule has 0 bridgehead atoms. The molecule has 0 saturated heterocycles. The molecule has 0 aromatic heterocycles. The first-order chi connectivity index (χ1) is 11.0. The van der Waals surface area contributed by atoms with E-state index in [1.54, 1.807) is 30.3 Å². The van der Waals surface area contributed by atoms with Gasteiger partial charge >= 0.3 is 0 Å². The first kappa shape index (κ1) is 15.1. The molecule has 0 saturated carbocycles. The monoisotopic (exact) mass is 311 g/mol. The molecule has 3 rings (SSSR count). The smallest absolute Gasteiger partial charge is 0.254 e. The summed E-state index contributed by atoms with van der Waals surface area (Å²) in [6.07, 6.45) is 1.68. The van der Waals surface area contributed by atoms with Crippen LogP contribution in [-0.4, -0.2) is 17.9 Å². The second-order valence-corrected chi connectivity index (χ2v) is 5.74. The van der Waals surface area contributed by atoms with Gasteiger partial charge in [0.15, 0.2) is 0 Å². The number of hydrogen-bond acceptors (Lipinski definition) is 3. The fourth-order valence-corrected chi connectivity index (χ4v) is 2.67. The third-order valence-corrected chi connectivity index (χ3v) is 3.99. The van der Waals surface area contributed by atoms with Crippen LogP contribution in [-0.2, 0) is 6.54 Å². The van der Waals surface area contributed by atoms with Crippen LogP contribution in [0.5, 0.6) is 0 Å². The summed E-state index contributed by atoms with van der Waals surface area (Å²) in [5, 5.41) is 3.09. The molecule has 118 valence electrons. The molecule has 0 unspecified atom stereocenters. The maximum Gasteiger partial charge on any atom is 0.254 e. The first-order valence-corrected chi connectivity index (χ1v) is 7.33. The van der Waals surface area contributed by atoms with E-state index in [2.05, 4.69) is 5.32 Å². The fraction of sp³-hybridized carbons (Fsp3) is 0.167. The van der Waals surface area contributed by atoms with Crippen molar-refractivity contribution in [3.63, 3.8) is 0 Å². The molecule has 23 heavy (non-hydrogen) atoms. The summed E-state index contributed by atoms with van der Waals surface area (Å²) in [6, 6.07) is 10.1. The van der Waals surface area contributed by atoms with Gasteiger partial charge in [-0.05, 0) is 53.9 Å². The van der Waals surface area contributed by atoms with Crippen LogP contribution in [0.4, 0.5) is 10.1 Å². The van der Waals surface area contributed by atoms with Crippen LogP contribution in [0.1, 0.15) is 27.0 Å². The van der Waals surface area contributed by atoms with Crippen LogP contribution in [0.3, 0.4) is 0 Å². The normalized spacial score (nSPS) is 14.1. The number of carbonyl (C=O) groups excluding carboxylic acids is 1. The number of fused-ring (bicyclic) bond motifs is 1. The van der Waals surface area contributed by atoms with E-state index in [1.165, 1.54) is 12.1 Å². The fourth-order valence-electron chi connectivity index (χ4n) is 2.67. The zero-order valence-corrected chi connectivity index (χ0v) is 13.1. The van der Waals surface area contributed by atoms with E-state index in [9.17, 15) is 9.18 Å². The molecule has 2 aromatic carbocycles. The lowest BCUT2D eigenvalue weighted by Gasteiger charge is -2.08. The van der Waals surface area contributed by atoms with Crippen molar-refractivity contribution in [2.75, 3.05) is 12.4 Å².